The summed E-state index contributed by atoms with van der Waals surface area (Å²) in [5.74, 6) is -0.0120. The monoisotopic (exact) mass is 300 g/mol. The molecule has 6 heteroatoms. The van der Waals surface area contributed by atoms with Crippen molar-refractivity contribution in [3.63, 3.8) is 0 Å². The lowest BCUT2D eigenvalue weighted by Crippen LogP contribution is -2.42. The summed E-state index contributed by atoms with van der Waals surface area (Å²) in [4.78, 5) is 21.4. The van der Waals surface area contributed by atoms with Crippen molar-refractivity contribution in [3.8, 4) is 10.6 Å². The molecule has 0 aliphatic carbocycles. The van der Waals surface area contributed by atoms with Crippen LogP contribution < -0.4 is 10.6 Å². The van der Waals surface area contributed by atoms with Crippen molar-refractivity contribution in [1.82, 2.24) is 20.6 Å². The molecule has 4 heterocycles. The molecule has 2 aromatic heterocycles. The minimum absolute atomic E-state index is 0.0120. The molecular formula is C15H16N4OS. The number of carbonyl (C=O) groups is 1. The predicted octanol–water partition coefficient (Wildman–Crippen LogP) is 1.83. The summed E-state index contributed by atoms with van der Waals surface area (Å²) >= 11 is 1.41. The van der Waals surface area contributed by atoms with E-state index in [2.05, 4.69) is 20.6 Å². The molecule has 2 N–H and O–H groups in total. The van der Waals surface area contributed by atoms with Gasteiger partial charge in [-0.1, -0.05) is 0 Å². The van der Waals surface area contributed by atoms with E-state index in [0.29, 0.717) is 17.0 Å². The Morgan fingerprint density at radius 3 is 3.05 bits per heavy atom. The van der Waals surface area contributed by atoms with Crippen LogP contribution in [0.1, 0.15) is 28.9 Å². The molecule has 3 atom stereocenters. The highest BCUT2D eigenvalue weighted by atomic mass is 32.1. The second-order valence-corrected chi connectivity index (χ2v) is 6.67. The molecule has 0 saturated carbocycles. The van der Waals surface area contributed by atoms with Gasteiger partial charge in [0.1, 0.15) is 9.88 Å². The Kier molecular flexibility index (Phi) is 3.20. The lowest BCUT2D eigenvalue weighted by molar-refractivity contribution is 0.0935. The van der Waals surface area contributed by atoms with Crippen LogP contribution in [0.5, 0.6) is 0 Å². The highest BCUT2D eigenvalue weighted by molar-refractivity contribution is 7.16. The number of hydrogen-bond donors (Lipinski definition) is 2. The van der Waals surface area contributed by atoms with Crippen LogP contribution in [0.15, 0.2) is 30.7 Å². The molecule has 2 aliphatic heterocycles. The summed E-state index contributed by atoms with van der Waals surface area (Å²) < 4.78 is 0. The van der Waals surface area contributed by atoms with Gasteiger partial charge in [-0.25, -0.2) is 4.98 Å². The van der Waals surface area contributed by atoms with E-state index >= 15 is 0 Å². The SMILES string of the molecule is O=C(N[C@@H]1C[C@H]2CC[C@@H]1N2)c1cnc(-c2cccnc2)s1. The largest absolute Gasteiger partial charge is 0.347 e. The molecule has 2 bridgehead atoms. The van der Waals surface area contributed by atoms with Gasteiger partial charge in [-0.2, -0.15) is 0 Å². The molecule has 21 heavy (non-hydrogen) atoms. The van der Waals surface area contributed by atoms with Gasteiger partial charge in [-0.05, 0) is 31.4 Å². The second-order valence-electron chi connectivity index (χ2n) is 5.63. The van der Waals surface area contributed by atoms with Crippen LogP contribution >= 0.6 is 11.3 Å². The number of thiazole rings is 1. The van der Waals surface area contributed by atoms with Crippen molar-refractivity contribution in [2.75, 3.05) is 0 Å². The number of amides is 1. The van der Waals surface area contributed by atoms with E-state index in [1.165, 1.54) is 24.2 Å². The maximum absolute atomic E-state index is 12.3. The van der Waals surface area contributed by atoms with Crippen LogP contribution in [0.3, 0.4) is 0 Å². The van der Waals surface area contributed by atoms with E-state index in [0.717, 1.165) is 17.0 Å². The van der Waals surface area contributed by atoms with Gasteiger partial charge in [0.2, 0.25) is 0 Å². The Hall–Kier alpha value is -1.79. The Bertz CT molecular complexity index is 657. The first kappa shape index (κ1) is 12.9. The summed E-state index contributed by atoms with van der Waals surface area (Å²) in [7, 11) is 0. The average molecular weight is 300 g/mol. The van der Waals surface area contributed by atoms with Gasteiger partial charge < -0.3 is 10.6 Å². The molecule has 2 fully saturated rings. The Balaban J connectivity index is 1.47. The predicted molar refractivity (Wildman–Crippen MR) is 81.2 cm³/mol. The van der Waals surface area contributed by atoms with Crippen LogP contribution in [0.2, 0.25) is 0 Å². The van der Waals surface area contributed by atoms with Crippen molar-refractivity contribution in [1.29, 1.82) is 0 Å². The van der Waals surface area contributed by atoms with E-state index in [-0.39, 0.29) is 11.9 Å². The van der Waals surface area contributed by atoms with E-state index in [4.69, 9.17) is 0 Å². The smallest absolute Gasteiger partial charge is 0.263 e. The maximum Gasteiger partial charge on any atom is 0.263 e. The molecule has 1 amide bonds. The molecule has 5 nitrogen and oxygen atoms in total. The van der Waals surface area contributed by atoms with Crippen molar-refractivity contribution in [2.45, 2.75) is 37.4 Å². The molecule has 108 valence electrons. The number of pyridine rings is 1. The number of fused-ring (bicyclic) bond motifs is 2. The van der Waals surface area contributed by atoms with Crippen LogP contribution in [-0.4, -0.2) is 34.0 Å². The Morgan fingerprint density at radius 2 is 2.33 bits per heavy atom. The van der Waals surface area contributed by atoms with Crippen LogP contribution in [-0.2, 0) is 0 Å². The molecule has 2 saturated heterocycles. The zero-order chi connectivity index (χ0) is 14.2. The average Bonchev–Trinajstić information content (AvgIpc) is 3.24. The Morgan fingerprint density at radius 1 is 1.38 bits per heavy atom. The van der Waals surface area contributed by atoms with Crippen LogP contribution in [0, 0.1) is 0 Å². The van der Waals surface area contributed by atoms with Crippen molar-refractivity contribution in [2.24, 2.45) is 0 Å². The summed E-state index contributed by atoms with van der Waals surface area (Å²) in [6, 6.07) is 5.13. The number of nitrogens with one attached hydrogen (secondary N) is 2. The van der Waals surface area contributed by atoms with E-state index in [9.17, 15) is 4.79 Å². The zero-order valence-electron chi connectivity index (χ0n) is 11.5. The van der Waals surface area contributed by atoms with Gasteiger partial charge in [-0.15, -0.1) is 11.3 Å². The van der Waals surface area contributed by atoms with Gasteiger partial charge in [0.15, 0.2) is 0 Å². The first-order chi connectivity index (χ1) is 10.3. The summed E-state index contributed by atoms with van der Waals surface area (Å²) in [6.07, 6.45) is 8.60. The standard InChI is InChI=1S/C15H16N4OS/c20-14(19-12-6-10-3-4-11(12)18-10)13-8-17-15(21-13)9-2-1-5-16-7-9/h1-2,5,7-8,10-12,18H,3-4,6H2,(H,19,20)/t10-,11+,12-/m1/s1. The fourth-order valence-corrected chi connectivity index (χ4v) is 4.03. The molecule has 0 spiro atoms. The fraction of sp³-hybridized carbons (Fsp3) is 0.400. The third kappa shape index (κ3) is 2.45. The number of carbonyl (C=O) groups excluding carboxylic acids is 1. The number of aromatic nitrogens is 2. The van der Waals surface area contributed by atoms with Gasteiger partial charge in [0.25, 0.3) is 5.91 Å². The van der Waals surface area contributed by atoms with Crippen LogP contribution in [0.25, 0.3) is 10.6 Å². The number of rotatable bonds is 3. The van der Waals surface area contributed by atoms with E-state index < -0.39 is 0 Å². The zero-order valence-corrected chi connectivity index (χ0v) is 12.3. The molecule has 2 aliphatic rings. The molecular weight excluding hydrogens is 284 g/mol. The fourth-order valence-electron chi connectivity index (χ4n) is 3.23. The van der Waals surface area contributed by atoms with Crippen LogP contribution in [0.4, 0.5) is 0 Å². The molecule has 4 rings (SSSR count). The first-order valence-corrected chi connectivity index (χ1v) is 8.04. The Labute approximate surface area is 126 Å². The van der Waals surface area contributed by atoms with E-state index in [1.807, 2.05) is 12.1 Å². The highest BCUT2D eigenvalue weighted by Gasteiger charge is 2.39. The summed E-state index contributed by atoms with van der Waals surface area (Å²) in [5, 5.41) is 7.51. The van der Waals surface area contributed by atoms with Gasteiger partial charge in [-0.3, -0.25) is 9.78 Å². The highest BCUT2D eigenvalue weighted by Crippen LogP contribution is 2.29. The quantitative estimate of drug-likeness (QED) is 0.907. The molecule has 2 aromatic rings. The third-order valence-corrected chi connectivity index (χ3v) is 5.30. The summed E-state index contributed by atoms with van der Waals surface area (Å²) in [6.45, 7) is 0. The third-order valence-electron chi connectivity index (χ3n) is 4.25. The van der Waals surface area contributed by atoms with Gasteiger partial charge in [0, 0.05) is 36.1 Å². The lowest BCUT2D eigenvalue weighted by Gasteiger charge is -2.20. The minimum atomic E-state index is -0.0120. The summed E-state index contributed by atoms with van der Waals surface area (Å²) in [5.41, 5.74) is 0.947. The van der Waals surface area contributed by atoms with Crippen molar-refractivity contribution >= 4 is 17.2 Å². The topological polar surface area (TPSA) is 66.9 Å². The number of nitrogens with zero attached hydrogens (tertiary/aromatic N) is 2. The van der Waals surface area contributed by atoms with Crippen molar-refractivity contribution < 1.29 is 4.79 Å². The second kappa shape index (κ2) is 5.20. The molecule has 0 aromatic carbocycles. The lowest BCUT2D eigenvalue weighted by atomic mass is 9.95. The van der Waals surface area contributed by atoms with Gasteiger partial charge in [0.05, 0.1) is 6.20 Å². The molecule has 0 radical (unpaired) electrons. The molecule has 0 unspecified atom stereocenters. The van der Waals surface area contributed by atoms with E-state index in [1.54, 1.807) is 18.6 Å². The maximum atomic E-state index is 12.3. The first-order valence-electron chi connectivity index (χ1n) is 7.23. The minimum Gasteiger partial charge on any atom is -0.347 e. The van der Waals surface area contributed by atoms with Gasteiger partial charge >= 0.3 is 0 Å². The van der Waals surface area contributed by atoms with Crippen molar-refractivity contribution in [3.05, 3.63) is 35.6 Å². The normalized spacial score (nSPS) is 27.0. The number of hydrogen-bond acceptors (Lipinski definition) is 5.